The van der Waals surface area contributed by atoms with E-state index in [4.69, 9.17) is 10.2 Å². The third-order valence-electron chi connectivity index (χ3n) is 3.82. The van der Waals surface area contributed by atoms with Crippen molar-refractivity contribution in [2.24, 2.45) is 5.73 Å². The number of imidazole rings is 1. The Labute approximate surface area is 122 Å². The summed E-state index contributed by atoms with van der Waals surface area (Å²) < 4.78 is 21.2. The number of aromatic nitrogens is 2. The Morgan fingerprint density at radius 2 is 2.24 bits per heavy atom. The largest absolute Gasteiger partial charge is 0.459 e. The quantitative estimate of drug-likeness (QED) is 0.800. The van der Waals surface area contributed by atoms with Crippen LogP contribution in [-0.4, -0.2) is 9.55 Å². The van der Waals surface area contributed by atoms with Gasteiger partial charge in [0, 0.05) is 36.3 Å². The molecule has 0 fully saturated rings. The molecule has 3 rings (SSSR count). The number of furan rings is 1. The van der Waals surface area contributed by atoms with Crippen LogP contribution in [0.4, 0.5) is 4.39 Å². The van der Waals surface area contributed by atoms with Gasteiger partial charge in [0.15, 0.2) is 0 Å². The van der Waals surface area contributed by atoms with Gasteiger partial charge in [-0.05, 0) is 32.0 Å². The second-order valence-corrected chi connectivity index (χ2v) is 5.17. The summed E-state index contributed by atoms with van der Waals surface area (Å²) in [6.07, 6.45) is 4.29. The van der Waals surface area contributed by atoms with Crippen molar-refractivity contribution in [2.75, 3.05) is 0 Å². The number of halogens is 1. The highest BCUT2D eigenvalue weighted by molar-refractivity contribution is 5.82. The van der Waals surface area contributed by atoms with E-state index < -0.39 is 0 Å². The van der Waals surface area contributed by atoms with Gasteiger partial charge in [-0.25, -0.2) is 9.37 Å². The Morgan fingerprint density at radius 3 is 3.00 bits per heavy atom. The summed E-state index contributed by atoms with van der Waals surface area (Å²) >= 11 is 0. The van der Waals surface area contributed by atoms with E-state index in [2.05, 4.69) is 16.5 Å². The minimum Gasteiger partial charge on any atom is -0.459 e. The molecular formula is C16H18FN3O. The van der Waals surface area contributed by atoms with E-state index in [-0.39, 0.29) is 11.9 Å². The van der Waals surface area contributed by atoms with Gasteiger partial charge in [-0.2, -0.15) is 0 Å². The molecule has 0 aliphatic heterocycles. The molecule has 0 saturated carbocycles. The van der Waals surface area contributed by atoms with Crippen LogP contribution in [0.5, 0.6) is 0 Å². The van der Waals surface area contributed by atoms with Crippen molar-refractivity contribution in [3.05, 3.63) is 53.6 Å². The molecule has 0 radical (unpaired) electrons. The van der Waals surface area contributed by atoms with E-state index in [1.165, 1.54) is 12.1 Å². The zero-order valence-corrected chi connectivity index (χ0v) is 12.1. The van der Waals surface area contributed by atoms with Crippen LogP contribution >= 0.6 is 0 Å². The van der Waals surface area contributed by atoms with Gasteiger partial charge in [0.05, 0.1) is 6.04 Å². The van der Waals surface area contributed by atoms with Crippen LogP contribution in [0, 0.1) is 12.7 Å². The number of nitrogens with zero attached hydrogens (tertiary/aromatic N) is 2. The van der Waals surface area contributed by atoms with Crippen LogP contribution in [0.1, 0.15) is 30.1 Å². The minimum atomic E-state index is -0.298. The third-order valence-corrected chi connectivity index (χ3v) is 3.82. The Hall–Kier alpha value is -2.14. The number of nitrogens with two attached hydrogens (primary N) is 1. The van der Waals surface area contributed by atoms with Crippen LogP contribution < -0.4 is 5.73 Å². The highest BCUT2D eigenvalue weighted by atomic mass is 19.1. The molecule has 0 saturated heterocycles. The first-order chi connectivity index (χ1) is 10.1. The van der Waals surface area contributed by atoms with Crippen molar-refractivity contribution in [1.82, 2.24) is 9.55 Å². The molecule has 0 aliphatic carbocycles. The summed E-state index contributed by atoms with van der Waals surface area (Å²) in [6.45, 7) is 4.82. The lowest BCUT2D eigenvalue weighted by Crippen LogP contribution is -2.16. The second kappa shape index (κ2) is 5.33. The predicted octanol–water partition coefficient (Wildman–Crippen LogP) is 3.34. The van der Waals surface area contributed by atoms with Crippen molar-refractivity contribution in [3.63, 3.8) is 0 Å². The zero-order valence-electron chi connectivity index (χ0n) is 12.1. The molecule has 0 amide bonds. The van der Waals surface area contributed by atoms with E-state index in [0.717, 1.165) is 23.3 Å². The molecule has 5 heteroatoms. The van der Waals surface area contributed by atoms with Gasteiger partial charge in [0.1, 0.15) is 23.0 Å². The van der Waals surface area contributed by atoms with Crippen molar-refractivity contribution < 1.29 is 8.81 Å². The molecule has 2 aromatic heterocycles. The second-order valence-electron chi connectivity index (χ2n) is 5.17. The van der Waals surface area contributed by atoms with E-state index in [1.54, 1.807) is 12.3 Å². The molecule has 2 heterocycles. The fraction of sp³-hybridized carbons (Fsp3) is 0.312. The minimum absolute atomic E-state index is 0.270. The smallest absolute Gasteiger partial charge is 0.134 e. The number of hydrogen-bond acceptors (Lipinski definition) is 3. The summed E-state index contributed by atoms with van der Waals surface area (Å²) in [6, 6.07) is 4.22. The Balaban J connectivity index is 1.94. The van der Waals surface area contributed by atoms with Gasteiger partial charge < -0.3 is 14.7 Å². The van der Waals surface area contributed by atoms with Crippen molar-refractivity contribution in [2.45, 2.75) is 32.9 Å². The fourth-order valence-electron chi connectivity index (χ4n) is 2.67. The van der Waals surface area contributed by atoms with Gasteiger partial charge in [-0.1, -0.05) is 0 Å². The predicted molar refractivity (Wildman–Crippen MR) is 79.4 cm³/mol. The highest BCUT2D eigenvalue weighted by Gasteiger charge is 2.19. The Bertz CT molecular complexity index is 775. The molecule has 4 nitrogen and oxygen atoms in total. The summed E-state index contributed by atoms with van der Waals surface area (Å²) in [4.78, 5) is 4.33. The maximum atomic E-state index is 13.3. The lowest BCUT2D eigenvalue weighted by Gasteiger charge is -2.11. The van der Waals surface area contributed by atoms with Gasteiger partial charge in [-0.15, -0.1) is 0 Å². The SMILES string of the molecule is CCn1ccnc1CC(N)c1oc2ccc(F)cc2c1C. The zero-order chi connectivity index (χ0) is 15.0. The lowest BCUT2D eigenvalue weighted by molar-refractivity contribution is 0.479. The molecule has 110 valence electrons. The monoisotopic (exact) mass is 287 g/mol. The Kier molecular flexibility index (Phi) is 3.51. The van der Waals surface area contributed by atoms with Crippen LogP contribution in [0.2, 0.25) is 0 Å². The normalized spacial score (nSPS) is 13.0. The van der Waals surface area contributed by atoms with Crippen LogP contribution in [-0.2, 0) is 13.0 Å². The molecule has 3 aromatic rings. The molecule has 0 spiro atoms. The average molecular weight is 287 g/mol. The van der Waals surface area contributed by atoms with Crippen molar-refractivity contribution in [1.29, 1.82) is 0 Å². The molecule has 21 heavy (non-hydrogen) atoms. The van der Waals surface area contributed by atoms with Crippen LogP contribution in [0.15, 0.2) is 35.0 Å². The molecule has 1 unspecified atom stereocenters. The number of aryl methyl sites for hydroxylation is 2. The maximum absolute atomic E-state index is 13.3. The first-order valence-corrected chi connectivity index (χ1v) is 7.04. The average Bonchev–Trinajstić information content (AvgIpc) is 3.04. The fourth-order valence-corrected chi connectivity index (χ4v) is 2.67. The van der Waals surface area contributed by atoms with E-state index in [9.17, 15) is 4.39 Å². The van der Waals surface area contributed by atoms with Gasteiger partial charge in [0.2, 0.25) is 0 Å². The summed E-state index contributed by atoms with van der Waals surface area (Å²) in [5.74, 6) is 1.35. The number of benzene rings is 1. The molecule has 1 atom stereocenters. The van der Waals surface area contributed by atoms with Crippen molar-refractivity contribution >= 4 is 11.0 Å². The van der Waals surface area contributed by atoms with E-state index in [0.29, 0.717) is 17.8 Å². The number of fused-ring (bicyclic) bond motifs is 1. The van der Waals surface area contributed by atoms with Crippen molar-refractivity contribution in [3.8, 4) is 0 Å². The highest BCUT2D eigenvalue weighted by Crippen LogP contribution is 2.30. The molecule has 2 N–H and O–H groups in total. The topological polar surface area (TPSA) is 57.0 Å². The molecule has 0 aliphatic rings. The molecule has 1 aromatic carbocycles. The number of rotatable bonds is 4. The summed E-state index contributed by atoms with van der Waals surface area (Å²) in [5, 5.41) is 0.777. The molecular weight excluding hydrogens is 269 g/mol. The third kappa shape index (κ3) is 2.45. The summed E-state index contributed by atoms with van der Waals surface area (Å²) in [5.41, 5.74) is 7.83. The van der Waals surface area contributed by atoms with Crippen LogP contribution in [0.25, 0.3) is 11.0 Å². The van der Waals surface area contributed by atoms with E-state index >= 15 is 0 Å². The maximum Gasteiger partial charge on any atom is 0.134 e. The first kappa shape index (κ1) is 13.8. The van der Waals surface area contributed by atoms with Gasteiger partial charge in [-0.3, -0.25) is 0 Å². The van der Waals surface area contributed by atoms with Crippen LogP contribution in [0.3, 0.4) is 0 Å². The number of hydrogen-bond donors (Lipinski definition) is 1. The Morgan fingerprint density at radius 1 is 1.43 bits per heavy atom. The standard InChI is InChI=1S/C16H18FN3O/c1-3-20-7-6-19-15(20)9-13(18)16-10(2)12-8-11(17)4-5-14(12)21-16/h4-8,13H,3,9,18H2,1-2H3. The van der Waals surface area contributed by atoms with E-state index in [1.807, 2.05) is 13.1 Å². The summed E-state index contributed by atoms with van der Waals surface area (Å²) in [7, 11) is 0. The first-order valence-electron chi connectivity index (χ1n) is 7.04. The molecule has 0 bridgehead atoms. The van der Waals surface area contributed by atoms with Gasteiger partial charge >= 0.3 is 0 Å². The van der Waals surface area contributed by atoms with Gasteiger partial charge in [0.25, 0.3) is 0 Å². The lowest BCUT2D eigenvalue weighted by atomic mass is 10.1.